The Bertz CT molecular complexity index is 527. The predicted molar refractivity (Wildman–Crippen MR) is 87.0 cm³/mol. The van der Waals surface area contributed by atoms with E-state index in [9.17, 15) is 9.90 Å². The summed E-state index contributed by atoms with van der Waals surface area (Å²) in [7, 11) is 0. The van der Waals surface area contributed by atoms with Crippen LogP contribution < -0.4 is 10.1 Å². The fourth-order valence-electron chi connectivity index (χ4n) is 2.95. The SMILES string of the molecule is CCCC(O)c1cc(CC)c2c(c1)C(NC(=O)CC)CCO2. The Morgan fingerprint density at radius 2 is 2.18 bits per heavy atom. The Hall–Kier alpha value is -1.55. The lowest BCUT2D eigenvalue weighted by Gasteiger charge is -2.29. The number of benzene rings is 1. The van der Waals surface area contributed by atoms with Crippen molar-refractivity contribution >= 4 is 5.91 Å². The number of hydrogen-bond acceptors (Lipinski definition) is 3. The second kappa shape index (κ2) is 7.63. The highest BCUT2D eigenvalue weighted by atomic mass is 16.5. The number of aryl methyl sites for hydroxylation is 1. The number of hydrogen-bond donors (Lipinski definition) is 2. The predicted octanol–water partition coefficient (Wildman–Crippen LogP) is 3.43. The Morgan fingerprint density at radius 1 is 1.41 bits per heavy atom. The number of nitrogens with one attached hydrogen (secondary N) is 1. The number of fused-ring (bicyclic) bond motifs is 1. The number of ether oxygens (including phenoxy) is 1. The molecule has 4 nitrogen and oxygen atoms in total. The highest BCUT2D eigenvalue weighted by Gasteiger charge is 2.26. The number of aliphatic hydroxyl groups excluding tert-OH is 1. The second-order valence-corrected chi connectivity index (χ2v) is 5.87. The first-order valence-electron chi connectivity index (χ1n) is 8.37. The van der Waals surface area contributed by atoms with Gasteiger partial charge in [-0.1, -0.05) is 27.2 Å². The molecule has 2 unspecified atom stereocenters. The average Bonchev–Trinajstić information content (AvgIpc) is 2.54. The van der Waals surface area contributed by atoms with Crippen molar-refractivity contribution in [1.29, 1.82) is 0 Å². The van der Waals surface area contributed by atoms with E-state index in [1.807, 2.05) is 19.1 Å². The van der Waals surface area contributed by atoms with Gasteiger partial charge in [-0.25, -0.2) is 0 Å². The zero-order valence-electron chi connectivity index (χ0n) is 13.8. The molecule has 0 saturated heterocycles. The smallest absolute Gasteiger partial charge is 0.220 e. The molecule has 0 bridgehead atoms. The molecular formula is C18H27NO3. The second-order valence-electron chi connectivity index (χ2n) is 5.87. The molecule has 0 aliphatic carbocycles. The van der Waals surface area contributed by atoms with Crippen molar-refractivity contribution in [2.24, 2.45) is 0 Å². The van der Waals surface area contributed by atoms with E-state index < -0.39 is 6.10 Å². The Balaban J connectivity index is 2.39. The minimum Gasteiger partial charge on any atom is -0.493 e. The lowest BCUT2D eigenvalue weighted by molar-refractivity contribution is -0.121. The fraction of sp³-hybridized carbons (Fsp3) is 0.611. The van der Waals surface area contributed by atoms with Crippen molar-refractivity contribution in [3.8, 4) is 5.75 Å². The molecule has 1 aliphatic rings. The zero-order valence-corrected chi connectivity index (χ0v) is 13.8. The van der Waals surface area contributed by atoms with Crippen LogP contribution in [0.15, 0.2) is 12.1 Å². The summed E-state index contributed by atoms with van der Waals surface area (Å²) in [5.41, 5.74) is 3.05. The topological polar surface area (TPSA) is 58.6 Å². The summed E-state index contributed by atoms with van der Waals surface area (Å²) in [6, 6.07) is 4.04. The summed E-state index contributed by atoms with van der Waals surface area (Å²) in [5, 5.41) is 13.4. The molecule has 2 rings (SSSR count). The third kappa shape index (κ3) is 3.61. The van der Waals surface area contributed by atoms with Gasteiger partial charge in [0.2, 0.25) is 5.91 Å². The van der Waals surface area contributed by atoms with E-state index in [2.05, 4.69) is 19.2 Å². The summed E-state index contributed by atoms with van der Waals surface area (Å²) < 4.78 is 5.85. The van der Waals surface area contributed by atoms with Gasteiger partial charge in [-0.05, 0) is 36.1 Å². The molecule has 1 aliphatic heterocycles. The van der Waals surface area contributed by atoms with E-state index in [1.165, 1.54) is 0 Å². The molecule has 1 amide bonds. The Morgan fingerprint density at radius 3 is 2.82 bits per heavy atom. The van der Waals surface area contributed by atoms with E-state index in [1.54, 1.807) is 0 Å². The van der Waals surface area contributed by atoms with Gasteiger partial charge in [0.05, 0.1) is 18.8 Å². The van der Waals surface area contributed by atoms with Gasteiger partial charge in [0.25, 0.3) is 0 Å². The lowest BCUT2D eigenvalue weighted by Crippen LogP contribution is -2.32. The van der Waals surface area contributed by atoms with Crippen LogP contribution in [0.4, 0.5) is 0 Å². The number of carbonyl (C=O) groups is 1. The van der Waals surface area contributed by atoms with Crippen LogP contribution in [0.5, 0.6) is 5.75 Å². The van der Waals surface area contributed by atoms with Crippen molar-refractivity contribution in [2.75, 3.05) is 6.61 Å². The molecule has 2 atom stereocenters. The minimum atomic E-state index is -0.454. The normalized spacial score (nSPS) is 18.3. The van der Waals surface area contributed by atoms with Crippen LogP contribution in [-0.4, -0.2) is 17.6 Å². The molecule has 22 heavy (non-hydrogen) atoms. The fourth-order valence-corrected chi connectivity index (χ4v) is 2.95. The largest absolute Gasteiger partial charge is 0.493 e. The van der Waals surface area contributed by atoms with Gasteiger partial charge < -0.3 is 15.2 Å². The van der Waals surface area contributed by atoms with Crippen LogP contribution in [-0.2, 0) is 11.2 Å². The van der Waals surface area contributed by atoms with Crippen LogP contribution in [0.2, 0.25) is 0 Å². The summed E-state index contributed by atoms with van der Waals surface area (Å²) in [6.07, 6.45) is 3.33. The molecule has 2 N–H and O–H groups in total. The number of amides is 1. The molecule has 122 valence electrons. The molecule has 0 fully saturated rings. The van der Waals surface area contributed by atoms with Gasteiger partial charge in [0.15, 0.2) is 0 Å². The minimum absolute atomic E-state index is 0.0183. The van der Waals surface area contributed by atoms with Gasteiger partial charge in [0, 0.05) is 18.4 Å². The third-order valence-corrected chi connectivity index (χ3v) is 4.23. The summed E-state index contributed by atoms with van der Waals surface area (Å²) in [6.45, 7) is 6.62. The number of aliphatic hydroxyl groups is 1. The van der Waals surface area contributed by atoms with Gasteiger partial charge in [0.1, 0.15) is 5.75 Å². The highest BCUT2D eigenvalue weighted by Crippen LogP contribution is 2.38. The zero-order chi connectivity index (χ0) is 16.1. The van der Waals surface area contributed by atoms with Crippen molar-refractivity contribution in [1.82, 2.24) is 5.32 Å². The van der Waals surface area contributed by atoms with Gasteiger partial charge in [-0.15, -0.1) is 0 Å². The van der Waals surface area contributed by atoms with Crippen LogP contribution in [0, 0.1) is 0 Å². The molecule has 1 aromatic rings. The maximum Gasteiger partial charge on any atom is 0.220 e. The lowest BCUT2D eigenvalue weighted by atomic mass is 9.91. The van der Waals surface area contributed by atoms with Crippen molar-refractivity contribution in [3.05, 3.63) is 28.8 Å². The molecule has 1 aromatic carbocycles. The van der Waals surface area contributed by atoms with Crippen molar-refractivity contribution in [2.45, 2.75) is 65.0 Å². The first kappa shape index (κ1) is 16.8. The first-order valence-corrected chi connectivity index (χ1v) is 8.37. The molecule has 1 heterocycles. The molecule has 4 heteroatoms. The van der Waals surface area contributed by atoms with Crippen LogP contribution in [0.1, 0.15) is 75.3 Å². The van der Waals surface area contributed by atoms with Crippen LogP contribution in [0.25, 0.3) is 0 Å². The van der Waals surface area contributed by atoms with Crippen molar-refractivity contribution in [3.63, 3.8) is 0 Å². The van der Waals surface area contributed by atoms with E-state index in [-0.39, 0.29) is 11.9 Å². The molecule has 0 saturated carbocycles. The maximum absolute atomic E-state index is 11.8. The first-order chi connectivity index (χ1) is 10.6. The van der Waals surface area contributed by atoms with Crippen LogP contribution >= 0.6 is 0 Å². The summed E-state index contributed by atoms with van der Waals surface area (Å²) >= 11 is 0. The number of rotatable bonds is 6. The third-order valence-electron chi connectivity index (χ3n) is 4.23. The van der Waals surface area contributed by atoms with Gasteiger partial charge in [-0.2, -0.15) is 0 Å². The van der Waals surface area contributed by atoms with E-state index >= 15 is 0 Å². The summed E-state index contributed by atoms with van der Waals surface area (Å²) in [5.74, 6) is 0.943. The monoisotopic (exact) mass is 305 g/mol. The highest BCUT2D eigenvalue weighted by molar-refractivity contribution is 5.76. The standard InChI is InChI=1S/C18H27NO3/c1-4-7-16(20)13-10-12(5-2)18-14(11-13)15(8-9-22-18)19-17(21)6-3/h10-11,15-16,20H,4-9H2,1-3H3,(H,19,21). The van der Waals surface area contributed by atoms with Gasteiger partial charge in [-0.3, -0.25) is 4.79 Å². The maximum atomic E-state index is 11.8. The Labute approximate surface area is 132 Å². The van der Waals surface area contributed by atoms with Crippen molar-refractivity contribution < 1.29 is 14.6 Å². The van der Waals surface area contributed by atoms with E-state index in [4.69, 9.17) is 4.74 Å². The van der Waals surface area contributed by atoms with Gasteiger partial charge >= 0.3 is 0 Å². The quantitative estimate of drug-likeness (QED) is 0.846. The van der Waals surface area contributed by atoms with Crippen LogP contribution in [0.3, 0.4) is 0 Å². The average molecular weight is 305 g/mol. The molecule has 0 aromatic heterocycles. The number of carbonyl (C=O) groups excluding carboxylic acids is 1. The molecular weight excluding hydrogens is 278 g/mol. The summed E-state index contributed by atoms with van der Waals surface area (Å²) in [4.78, 5) is 11.8. The van der Waals surface area contributed by atoms with E-state index in [0.29, 0.717) is 13.0 Å². The Kier molecular flexibility index (Phi) is 5.83. The molecule has 0 radical (unpaired) electrons. The molecule has 0 spiro atoms. The van der Waals surface area contributed by atoms with E-state index in [0.717, 1.165) is 48.1 Å².